The summed E-state index contributed by atoms with van der Waals surface area (Å²) in [7, 11) is 4.08. The number of nitrogens with zero attached hydrogens (tertiary/aromatic N) is 2. The van der Waals surface area contributed by atoms with Crippen LogP contribution < -0.4 is 5.73 Å². The predicted octanol–water partition coefficient (Wildman–Crippen LogP) is 1.16. The van der Waals surface area contributed by atoms with Crippen molar-refractivity contribution in [3.63, 3.8) is 0 Å². The molecule has 1 saturated heterocycles. The van der Waals surface area contributed by atoms with Gasteiger partial charge in [-0.05, 0) is 44.3 Å². The third-order valence-corrected chi connectivity index (χ3v) is 3.86. The number of hydrogen-bond acceptors (Lipinski definition) is 3. The summed E-state index contributed by atoms with van der Waals surface area (Å²) in [5.41, 5.74) is 5.59. The summed E-state index contributed by atoms with van der Waals surface area (Å²) in [4.78, 5) is 16.4. The molecule has 0 aromatic heterocycles. The van der Waals surface area contributed by atoms with Crippen molar-refractivity contribution in [2.24, 2.45) is 17.1 Å². The molecule has 1 atom stereocenters. The van der Waals surface area contributed by atoms with Crippen LogP contribution in [0.2, 0.25) is 0 Å². The number of likely N-dealkylation sites (tertiary alicyclic amines) is 1. The Kier molecular flexibility index (Phi) is 5.60. The highest BCUT2D eigenvalue weighted by Gasteiger charge is 2.25. The normalized spacial score (nSPS) is 21.9. The molecule has 0 bridgehead atoms. The molecule has 0 spiro atoms. The van der Waals surface area contributed by atoms with E-state index >= 15 is 0 Å². The molecule has 1 aliphatic heterocycles. The molecule has 0 radical (unpaired) electrons. The van der Waals surface area contributed by atoms with Crippen molar-refractivity contribution >= 4 is 5.91 Å². The number of amides is 1. The standard InChI is InChI=1S/C14H29N3O/c1-14(2,11-15)8-13(18)17(4)10-12-6-5-7-16(3)9-12/h12H,5-11,15H2,1-4H3. The Morgan fingerprint density at radius 1 is 1.50 bits per heavy atom. The van der Waals surface area contributed by atoms with Crippen LogP contribution in [0.3, 0.4) is 0 Å². The lowest BCUT2D eigenvalue weighted by atomic mass is 9.89. The zero-order chi connectivity index (χ0) is 13.8. The first kappa shape index (κ1) is 15.4. The van der Waals surface area contributed by atoms with Crippen molar-refractivity contribution in [3.8, 4) is 0 Å². The summed E-state index contributed by atoms with van der Waals surface area (Å²) in [6.45, 7) is 7.83. The molecule has 4 heteroatoms. The fourth-order valence-electron chi connectivity index (χ4n) is 2.53. The first-order valence-electron chi connectivity index (χ1n) is 6.96. The average Bonchev–Trinajstić information content (AvgIpc) is 2.28. The van der Waals surface area contributed by atoms with E-state index in [4.69, 9.17) is 5.73 Å². The van der Waals surface area contributed by atoms with E-state index in [-0.39, 0.29) is 11.3 Å². The molecule has 2 N–H and O–H groups in total. The second kappa shape index (κ2) is 6.53. The van der Waals surface area contributed by atoms with Gasteiger partial charge in [0.25, 0.3) is 0 Å². The third-order valence-electron chi connectivity index (χ3n) is 3.86. The fraction of sp³-hybridized carbons (Fsp3) is 0.929. The van der Waals surface area contributed by atoms with Crippen molar-refractivity contribution in [3.05, 3.63) is 0 Å². The van der Waals surface area contributed by atoms with E-state index < -0.39 is 0 Å². The van der Waals surface area contributed by atoms with Gasteiger partial charge in [-0.2, -0.15) is 0 Å². The molecule has 4 nitrogen and oxygen atoms in total. The van der Waals surface area contributed by atoms with Gasteiger partial charge in [-0.1, -0.05) is 13.8 Å². The van der Waals surface area contributed by atoms with Crippen LogP contribution in [0.5, 0.6) is 0 Å². The zero-order valence-electron chi connectivity index (χ0n) is 12.4. The Balaban J connectivity index is 2.39. The highest BCUT2D eigenvalue weighted by Crippen LogP contribution is 2.21. The van der Waals surface area contributed by atoms with E-state index in [1.54, 1.807) is 0 Å². The number of nitrogens with two attached hydrogens (primary N) is 1. The lowest BCUT2D eigenvalue weighted by Crippen LogP contribution is -2.41. The summed E-state index contributed by atoms with van der Waals surface area (Å²) >= 11 is 0. The highest BCUT2D eigenvalue weighted by atomic mass is 16.2. The molecular formula is C14H29N3O. The summed E-state index contributed by atoms with van der Waals surface area (Å²) in [5, 5.41) is 0. The van der Waals surface area contributed by atoms with Gasteiger partial charge in [-0.15, -0.1) is 0 Å². The minimum absolute atomic E-state index is 0.0886. The van der Waals surface area contributed by atoms with Crippen LogP contribution in [0.1, 0.15) is 33.1 Å². The van der Waals surface area contributed by atoms with E-state index in [0.717, 1.165) is 13.1 Å². The molecule has 0 aromatic rings. The van der Waals surface area contributed by atoms with Gasteiger partial charge in [0.15, 0.2) is 0 Å². The van der Waals surface area contributed by atoms with Crippen LogP contribution in [0, 0.1) is 11.3 Å². The van der Waals surface area contributed by atoms with Crippen molar-refractivity contribution < 1.29 is 4.79 Å². The average molecular weight is 255 g/mol. The van der Waals surface area contributed by atoms with E-state index in [0.29, 0.717) is 18.9 Å². The smallest absolute Gasteiger partial charge is 0.222 e. The topological polar surface area (TPSA) is 49.6 Å². The number of rotatable bonds is 5. The molecule has 106 valence electrons. The van der Waals surface area contributed by atoms with Crippen LogP contribution in [-0.4, -0.2) is 56.0 Å². The zero-order valence-corrected chi connectivity index (χ0v) is 12.4. The van der Waals surface area contributed by atoms with Crippen LogP contribution in [-0.2, 0) is 4.79 Å². The highest BCUT2D eigenvalue weighted by molar-refractivity contribution is 5.76. The second-order valence-corrected chi connectivity index (χ2v) is 6.59. The van der Waals surface area contributed by atoms with Gasteiger partial charge in [0.1, 0.15) is 0 Å². The predicted molar refractivity (Wildman–Crippen MR) is 75.3 cm³/mol. The van der Waals surface area contributed by atoms with E-state index in [9.17, 15) is 4.79 Å². The first-order valence-corrected chi connectivity index (χ1v) is 6.96. The summed E-state index contributed by atoms with van der Waals surface area (Å²) in [6.07, 6.45) is 3.03. The van der Waals surface area contributed by atoms with E-state index in [1.807, 2.05) is 25.8 Å². The van der Waals surface area contributed by atoms with Crippen molar-refractivity contribution in [1.29, 1.82) is 0 Å². The van der Waals surface area contributed by atoms with Crippen molar-refractivity contribution in [1.82, 2.24) is 9.80 Å². The maximum atomic E-state index is 12.1. The third kappa shape index (κ3) is 4.94. The Bertz CT molecular complexity index is 278. The molecule has 1 rings (SSSR count). The number of hydrogen-bond donors (Lipinski definition) is 1. The van der Waals surface area contributed by atoms with Gasteiger partial charge < -0.3 is 15.5 Å². The fourth-order valence-corrected chi connectivity index (χ4v) is 2.53. The maximum absolute atomic E-state index is 12.1. The molecular weight excluding hydrogens is 226 g/mol. The SMILES string of the molecule is CN1CCCC(CN(C)C(=O)CC(C)(C)CN)C1. The van der Waals surface area contributed by atoms with E-state index in [1.165, 1.54) is 19.4 Å². The van der Waals surface area contributed by atoms with Crippen LogP contribution in [0.25, 0.3) is 0 Å². The Morgan fingerprint density at radius 3 is 2.72 bits per heavy atom. The number of piperidine rings is 1. The minimum atomic E-state index is -0.0886. The Morgan fingerprint density at radius 2 is 2.17 bits per heavy atom. The lowest BCUT2D eigenvalue weighted by molar-refractivity contribution is -0.132. The van der Waals surface area contributed by atoms with Gasteiger partial charge in [0, 0.05) is 26.6 Å². The molecule has 1 fully saturated rings. The largest absolute Gasteiger partial charge is 0.345 e. The second-order valence-electron chi connectivity index (χ2n) is 6.59. The minimum Gasteiger partial charge on any atom is -0.345 e. The van der Waals surface area contributed by atoms with Crippen LogP contribution in [0.15, 0.2) is 0 Å². The molecule has 0 aromatic carbocycles. The Labute approximate surface area is 111 Å². The molecule has 1 aliphatic rings. The van der Waals surface area contributed by atoms with Gasteiger partial charge in [-0.3, -0.25) is 4.79 Å². The molecule has 18 heavy (non-hydrogen) atoms. The monoisotopic (exact) mass is 255 g/mol. The van der Waals surface area contributed by atoms with Crippen molar-refractivity contribution in [2.45, 2.75) is 33.1 Å². The van der Waals surface area contributed by atoms with Gasteiger partial charge in [0.2, 0.25) is 5.91 Å². The number of carbonyl (C=O) groups excluding carboxylic acids is 1. The molecule has 0 aliphatic carbocycles. The lowest BCUT2D eigenvalue weighted by Gasteiger charge is -2.33. The molecule has 1 unspecified atom stereocenters. The molecule has 1 amide bonds. The maximum Gasteiger partial charge on any atom is 0.222 e. The van der Waals surface area contributed by atoms with Crippen LogP contribution in [0.4, 0.5) is 0 Å². The van der Waals surface area contributed by atoms with Gasteiger partial charge >= 0.3 is 0 Å². The van der Waals surface area contributed by atoms with Crippen molar-refractivity contribution in [2.75, 3.05) is 40.3 Å². The summed E-state index contributed by atoms with van der Waals surface area (Å²) < 4.78 is 0. The summed E-state index contributed by atoms with van der Waals surface area (Å²) in [6, 6.07) is 0. The quantitative estimate of drug-likeness (QED) is 0.802. The van der Waals surface area contributed by atoms with Gasteiger partial charge in [-0.25, -0.2) is 0 Å². The van der Waals surface area contributed by atoms with E-state index in [2.05, 4.69) is 11.9 Å². The molecule has 1 heterocycles. The molecule has 0 saturated carbocycles. The van der Waals surface area contributed by atoms with Crippen LogP contribution >= 0.6 is 0 Å². The van der Waals surface area contributed by atoms with Gasteiger partial charge in [0.05, 0.1) is 0 Å². The number of carbonyl (C=O) groups is 1. The Hall–Kier alpha value is -0.610. The summed E-state index contributed by atoms with van der Waals surface area (Å²) in [5.74, 6) is 0.845. The first-order chi connectivity index (χ1) is 8.34.